The van der Waals surface area contributed by atoms with E-state index in [0.717, 1.165) is 31.2 Å². The van der Waals surface area contributed by atoms with E-state index in [1.807, 2.05) is 0 Å². The topological polar surface area (TPSA) is 115 Å². The molecular formula is C16H23N3O4S. The fraction of sp³-hybridized carbons (Fsp3) is 0.625. The van der Waals surface area contributed by atoms with Crippen molar-refractivity contribution in [2.75, 3.05) is 5.32 Å². The number of hydrogen-bond acceptors (Lipinski definition) is 5. The number of nitrogens with one attached hydrogen (secondary N) is 1. The molecule has 0 unspecified atom stereocenters. The molecule has 0 aromatic heterocycles. The van der Waals surface area contributed by atoms with Crippen LogP contribution in [0.25, 0.3) is 0 Å². The predicted octanol–water partition coefficient (Wildman–Crippen LogP) is 3.01. The van der Waals surface area contributed by atoms with Gasteiger partial charge in [-0.2, -0.15) is 0 Å². The van der Waals surface area contributed by atoms with Gasteiger partial charge >= 0.3 is 0 Å². The molecule has 0 radical (unpaired) electrons. The largest absolute Gasteiger partial charge is 0.377 e. The second-order valence-electron chi connectivity index (χ2n) is 6.94. The lowest BCUT2D eigenvalue weighted by Gasteiger charge is -2.39. The van der Waals surface area contributed by atoms with E-state index in [1.165, 1.54) is 37.8 Å². The van der Waals surface area contributed by atoms with Crippen LogP contribution >= 0.6 is 0 Å². The summed E-state index contributed by atoms with van der Waals surface area (Å²) in [5.74, 6) is 1.50. The Morgan fingerprint density at radius 3 is 2.50 bits per heavy atom. The van der Waals surface area contributed by atoms with E-state index in [4.69, 9.17) is 5.14 Å². The number of nitrogens with zero attached hydrogens (tertiary/aromatic N) is 1. The molecule has 3 rings (SSSR count). The highest BCUT2D eigenvalue weighted by atomic mass is 32.2. The molecule has 0 bridgehead atoms. The van der Waals surface area contributed by atoms with E-state index < -0.39 is 14.9 Å². The predicted molar refractivity (Wildman–Crippen MR) is 91.2 cm³/mol. The summed E-state index contributed by atoms with van der Waals surface area (Å²) in [6.07, 6.45) is 8.33. The van der Waals surface area contributed by atoms with E-state index >= 15 is 0 Å². The summed E-state index contributed by atoms with van der Waals surface area (Å²) in [5, 5.41) is 19.6. The van der Waals surface area contributed by atoms with Crippen LogP contribution in [0.1, 0.15) is 44.9 Å². The number of nitrogens with two attached hydrogens (primary N) is 1. The Hall–Kier alpha value is -1.67. The highest BCUT2D eigenvalue weighted by Crippen LogP contribution is 2.41. The SMILES string of the molecule is NS(=O)(=O)c1ccc(N[C@@H]2CC[C@@H]3CCCC[C@@H]3C2)c([N+](=O)[O-])c1. The molecule has 1 aromatic carbocycles. The summed E-state index contributed by atoms with van der Waals surface area (Å²) in [7, 11) is -3.96. The fourth-order valence-electron chi connectivity index (χ4n) is 4.19. The number of benzene rings is 1. The van der Waals surface area contributed by atoms with Crippen LogP contribution in [0, 0.1) is 22.0 Å². The molecule has 1 aromatic rings. The first-order valence-electron chi connectivity index (χ1n) is 8.42. The van der Waals surface area contributed by atoms with Crippen molar-refractivity contribution in [2.24, 2.45) is 17.0 Å². The van der Waals surface area contributed by atoms with Crippen molar-refractivity contribution in [1.82, 2.24) is 0 Å². The van der Waals surface area contributed by atoms with Gasteiger partial charge in [-0.25, -0.2) is 13.6 Å². The fourth-order valence-corrected chi connectivity index (χ4v) is 4.72. The number of primary sulfonamides is 1. The molecule has 0 heterocycles. The normalized spacial score (nSPS) is 27.3. The van der Waals surface area contributed by atoms with Gasteiger partial charge in [-0.15, -0.1) is 0 Å². The molecule has 2 aliphatic carbocycles. The molecule has 3 atom stereocenters. The third-order valence-electron chi connectivity index (χ3n) is 5.39. The number of hydrogen-bond donors (Lipinski definition) is 2. The maximum Gasteiger partial charge on any atom is 0.293 e. The number of fused-ring (bicyclic) bond motifs is 1. The Labute approximate surface area is 141 Å². The Morgan fingerprint density at radius 2 is 1.83 bits per heavy atom. The summed E-state index contributed by atoms with van der Waals surface area (Å²) in [6, 6.07) is 3.99. The average Bonchev–Trinajstić information content (AvgIpc) is 2.54. The lowest BCUT2D eigenvalue weighted by atomic mass is 9.69. The smallest absolute Gasteiger partial charge is 0.293 e. The van der Waals surface area contributed by atoms with Crippen molar-refractivity contribution < 1.29 is 13.3 Å². The second kappa shape index (κ2) is 6.68. The van der Waals surface area contributed by atoms with E-state index in [2.05, 4.69) is 5.32 Å². The van der Waals surface area contributed by atoms with Crippen LogP contribution < -0.4 is 10.5 Å². The van der Waals surface area contributed by atoms with Crippen LogP contribution in [0.5, 0.6) is 0 Å². The van der Waals surface area contributed by atoms with Gasteiger partial charge in [-0.3, -0.25) is 10.1 Å². The second-order valence-corrected chi connectivity index (χ2v) is 8.50. The highest BCUT2D eigenvalue weighted by Gasteiger charge is 2.33. The van der Waals surface area contributed by atoms with Gasteiger partial charge in [0.05, 0.1) is 9.82 Å². The summed E-state index contributed by atoms with van der Waals surface area (Å²) in [5.41, 5.74) is 0.124. The van der Waals surface area contributed by atoms with Crippen LogP contribution in [0.4, 0.5) is 11.4 Å². The van der Waals surface area contributed by atoms with Crippen LogP contribution in [0.3, 0.4) is 0 Å². The van der Waals surface area contributed by atoms with E-state index in [9.17, 15) is 18.5 Å². The zero-order valence-corrected chi connectivity index (χ0v) is 14.3. The molecule has 0 amide bonds. The van der Waals surface area contributed by atoms with Crippen LogP contribution in [0.2, 0.25) is 0 Å². The molecule has 0 spiro atoms. The Morgan fingerprint density at radius 1 is 1.12 bits per heavy atom. The lowest BCUT2D eigenvalue weighted by molar-refractivity contribution is -0.384. The molecular weight excluding hydrogens is 330 g/mol. The molecule has 24 heavy (non-hydrogen) atoms. The van der Waals surface area contributed by atoms with E-state index in [-0.39, 0.29) is 16.6 Å². The van der Waals surface area contributed by atoms with Gasteiger partial charge in [-0.1, -0.05) is 25.7 Å². The molecule has 7 nitrogen and oxygen atoms in total. The maximum atomic E-state index is 11.4. The highest BCUT2D eigenvalue weighted by molar-refractivity contribution is 7.89. The van der Waals surface area contributed by atoms with Gasteiger partial charge in [0.15, 0.2) is 0 Å². The molecule has 0 aliphatic heterocycles. The molecule has 2 fully saturated rings. The number of nitro benzene ring substituents is 1. The minimum absolute atomic E-state index is 0.198. The van der Waals surface area contributed by atoms with Crippen LogP contribution in [0.15, 0.2) is 23.1 Å². The van der Waals surface area contributed by atoms with Gasteiger partial charge in [0, 0.05) is 12.1 Å². The van der Waals surface area contributed by atoms with E-state index in [1.54, 1.807) is 0 Å². The molecule has 3 N–H and O–H groups in total. The molecule has 2 aliphatic rings. The summed E-state index contributed by atoms with van der Waals surface area (Å²) >= 11 is 0. The van der Waals surface area contributed by atoms with Gasteiger partial charge in [0.25, 0.3) is 5.69 Å². The Kier molecular flexibility index (Phi) is 4.78. The zero-order valence-electron chi connectivity index (χ0n) is 13.5. The molecule has 132 valence electrons. The number of sulfonamides is 1. The summed E-state index contributed by atoms with van der Waals surface area (Å²) < 4.78 is 22.8. The minimum atomic E-state index is -3.96. The molecule has 0 saturated heterocycles. The van der Waals surface area contributed by atoms with Gasteiger partial charge in [0.1, 0.15) is 5.69 Å². The van der Waals surface area contributed by atoms with Gasteiger partial charge < -0.3 is 5.32 Å². The third kappa shape index (κ3) is 3.70. The molecule has 8 heteroatoms. The summed E-state index contributed by atoms with van der Waals surface area (Å²) in [6.45, 7) is 0. The quantitative estimate of drug-likeness (QED) is 0.637. The Balaban J connectivity index is 1.78. The van der Waals surface area contributed by atoms with Gasteiger partial charge in [0.2, 0.25) is 10.0 Å². The number of anilines is 1. The average molecular weight is 353 g/mol. The number of rotatable bonds is 4. The zero-order chi connectivity index (χ0) is 17.3. The van der Waals surface area contributed by atoms with Crippen molar-refractivity contribution >= 4 is 21.4 Å². The maximum absolute atomic E-state index is 11.4. The van der Waals surface area contributed by atoms with Crippen molar-refractivity contribution in [3.8, 4) is 0 Å². The van der Waals surface area contributed by atoms with E-state index in [0.29, 0.717) is 11.6 Å². The van der Waals surface area contributed by atoms with Gasteiger partial charge in [-0.05, 0) is 43.2 Å². The monoisotopic (exact) mass is 353 g/mol. The molecule has 2 saturated carbocycles. The van der Waals surface area contributed by atoms with Crippen LogP contribution in [-0.4, -0.2) is 19.4 Å². The first-order valence-corrected chi connectivity index (χ1v) is 9.97. The lowest BCUT2D eigenvalue weighted by Crippen LogP contribution is -2.34. The van der Waals surface area contributed by atoms with Crippen LogP contribution in [-0.2, 0) is 10.0 Å². The first kappa shape index (κ1) is 17.2. The number of nitro groups is 1. The third-order valence-corrected chi connectivity index (χ3v) is 6.30. The van der Waals surface area contributed by atoms with Crippen molar-refractivity contribution in [1.29, 1.82) is 0 Å². The standard InChI is InChI=1S/C16H23N3O4S/c17-24(22,23)14-7-8-15(16(10-14)19(20)21)18-13-6-5-11-3-1-2-4-12(11)9-13/h7-8,10-13,18H,1-6,9H2,(H2,17,22,23)/t11-,12+,13+/m0/s1. The van der Waals surface area contributed by atoms with Crippen molar-refractivity contribution in [2.45, 2.75) is 55.9 Å². The van der Waals surface area contributed by atoms with Crippen molar-refractivity contribution in [3.05, 3.63) is 28.3 Å². The first-order chi connectivity index (χ1) is 11.3. The minimum Gasteiger partial charge on any atom is -0.377 e. The van der Waals surface area contributed by atoms with Crippen molar-refractivity contribution in [3.63, 3.8) is 0 Å². The summed E-state index contributed by atoms with van der Waals surface area (Å²) in [4.78, 5) is 10.5. The Bertz CT molecular complexity index is 735.